The third-order valence-electron chi connectivity index (χ3n) is 3.88. The third-order valence-corrected chi connectivity index (χ3v) is 3.88. The van der Waals surface area contributed by atoms with Gasteiger partial charge in [-0.25, -0.2) is 0 Å². The summed E-state index contributed by atoms with van der Waals surface area (Å²) in [5, 5.41) is 9.20. The fraction of sp³-hybridized carbons (Fsp3) is 0.150. The topological polar surface area (TPSA) is 103 Å². The zero-order chi connectivity index (χ0) is 20.1. The van der Waals surface area contributed by atoms with Crippen LogP contribution < -0.4 is 20.1 Å². The van der Waals surface area contributed by atoms with E-state index in [0.29, 0.717) is 34.2 Å². The average Bonchev–Trinajstić information content (AvgIpc) is 3.18. The van der Waals surface area contributed by atoms with E-state index in [0.717, 1.165) is 0 Å². The lowest BCUT2D eigenvalue weighted by atomic mass is 10.1. The van der Waals surface area contributed by atoms with Gasteiger partial charge in [0, 0.05) is 18.7 Å². The molecule has 28 heavy (non-hydrogen) atoms. The lowest BCUT2D eigenvalue weighted by Crippen LogP contribution is -2.13. The van der Waals surface area contributed by atoms with Crippen LogP contribution in [-0.4, -0.2) is 31.2 Å². The number of methoxy groups -OCH3 is 2. The Balaban J connectivity index is 1.81. The smallest absolute Gasteiger partial charge is 0.277 e. The van der Waals surface area contributed by atoms with Crippen LogP contribution in [0.15, 0.2) is 53.1 Å². The number of hydrogen-bond acceptors (Lipinski definition) is 6. The number of aromatic nitrogens is 1. The second-order valence-corrected chi connectivity index (χ2v) is 5.83. The lowest BCUT2D eigenvalue weighted by Gasteiger charge is -2.11. The Morgan fingerprint density at radius 1 is 0.964 bits per heavy atom. The molecule has 1 aromatic heterocycles. The molecule has 2 aromatic carbocycles. The zero-order valence-electron chi connectivity index (χ0n) is 15.6. The van der Waals surface area contributed by atoms with Gasteiger partial charge in [-0.2, -0.15) is 0 Å². The quantitative estimate of drug-likeness (QED) is 0.677. The summed E-state index contributed by atoms with van der Waals surface area (Å²) in [7, 11) is 3.05. The van der Waals surface area contributed by atoms with E-state index in [-0.39, 0.29) is 11.6 Å². The molecule has 1 heterocycles. The SMILES string of the molecule is COc1ccc(NC(=O)c2cc(-c3ccccc3OC)on2)cc1NC(C)=O. The largest absolute Gasteiger partial charge is 0.496 e. The van der Waals surface area contributed by atoms with Gasteiger partial charge >= 0.3 is 0 Å². The minimum Gasteiger partial charge on any atom is -0.496 e. The molecule has 0 aliphatic carbocycles. The summed E-state index contributed by atoms with van der Waals surface area (Å²) < 4.78 is 15.8. The molecule has 144 valence electrons. The summed E-state index contributed by atoms with van der Waals surface area (Å²) in [6.07, 6.45) is 0. The van der Waals surface area contributed by atoms with E-state index < -0.39 is 5.91 Å². The second kappa shape index (κ2) is 8.26. The van der Waals surface area contributed by atoms with Gasteiger partial charge < -0.3 is 24.6 Å². The van der Waals surface area contributed by atoms with Gasteiger partial charge in [0.05, 0.1) is 25.5 Å². The number of nitrogens with zero attached hydrogens (tertiary/aromatic N) is 1. The molecule has 0 fully saturated rings. The van der Waals surface area contributed by atoms with Crippen molar-refractivity contribution in [2.45, 2.75) is 6.92 Å². The number of amides is 2. The van der Waals surface area contributed by atoms with Crippen LogP contribution in [0.25, 0.3) is 11.3 Å². The maximum Gasteiger partial charge on any atom is 0.277 e. The standard InChI is InChI=1S/C20H19N3O5/c1-12(24)21-15-10-13(8-9-18(15)27-3)22-20(25)16-11-19(28-23-16)14-6-4-5-7-17(14)26-2/h4-11H,1-3H3,(H,21,24)(H,22,25). The Labute approximate surface area is 161 Å². The molecule has 3 aromatic rings. The normalized spacial score (nSPS) is 10.2. The fourth-order valence-corrected chi connectivity index (χ4v) is 2.63. The van der Waals surface area contributed by atoms with Gasteiger partial charge in [-0.15, -0.1) is 0 Å². The number of anilines is 2. The van der Waals surface area contributed by atoms with E-state index in [2.05, 4.69) is 15.8 Å². The first-order chi connectivity index (χ1) is 13.5. The molecular formula is C20H19N3O5. The summed E-state index contributed by atoms with van der Waals surface area (Å²) in [5.74, 6) is 0.800. The van der Waals surface area contributed by atoms with Crippen molar-refractivity contribution in [3.05, 3.63) is 54.2 Å². The van der Waals surface area contributed by atoms with Gasteiger partial charge in [0.15, 0.2) is 11.5 Å². The highest BCUT2D eigenvalue weighted by Crippen LogP contribution is 2.31. The van der Waals surface area contributed by atoms with Crippen molar-refractivity contribution in [3.8, 4) is 22.8 Å². The van der Waals surface area contributed by atoms with Crippen LogP contribution >= 0.6 is 0 Å². The van der Waals surface area contributed by atoms with Crippen LogP contribution in [0.2, 0.25) is 0 Å². The van der Waals surface area contributed by atoms with E-state index in [9.17, 15) is 9.59 Å². The minimum atomic E-state index is -0.455. The molecule has 0 unspecified atom stereocenters. The van der Waals surface area contributed by atoms with Gasteiger partial charge in [0.2, 0.25) is 5.91 Å². The highest BCUT2D eigenvalue weighted by Gasteiger charge is 2.17. The van der Waals surface area contributed by atoms with Crippen molar-refractivity contribution in [1.82, 2.24) is 5.16 Å². The lowest BCUT2D eigenvalue weighted by molar-refractivity contribution is -0.114. The molecule has 0 aliphatic heterocycles. The van der Waals surface area contributed by atoms with E-state index in [1.807, 2.05) is 18.2 Å². The summed E-state index contributed by atoms with van der Waals surface area (Å²) in [6.45, 7) is 1.39. The predicted octanol–water partition coefficient (Wildman–Crippen LogP) is 3.57. The van der Waals surface area contributed by atoms with Crippen LogP contribution in [0.5, 0.6) is 11.5 Å². The Morgan fingerprint density at radius 2 is 1.71 bits per heavy atom. The summed E-state index contributed by atoms with van der Waals surface area (Å²) in [6, 6.07) is 13.7. The van der Waals surface area contributed by atoms with Gasteiger partial charge in [-0.05, 0) is 30.3 Å². The van der Waals surface area contributed by atoms with Crippen molar-refractivity contribution in [3.63, 3.8) is 0 Å². The van der Waals surface area contributed by atoms with Crippen molar-refractivity contribution in [1.29, 1.82) is 0 Å². The summed E-state index contributed by atoms with van der Waals surface area (Å²) >= 11 is 0. The molecule has 0 saturated heterocycles. The maximum atomic E-state index is 12.5. The summed E-state index contributed by atoms with van der Waals surface area (Å²) in [5.41, 5.74) is 1.71. The predicted molar refractivity (Wildman–Crippen MR) is 104 cm³/mol. The highest BCUT2D eigenvalue weighted by molar-refractivity contribution is 6.04. The molecule has 0 saturated carbocycles. The number of ether oxygens (including phenoxy) is 2. The maximum absolute atomic E-state index is 12.5. The van der Waals surface area contributed by atoms with Crippen LogP contribution in [0.3, 0.4) is 0 Å². The molecule has 8 heteroatoms. The molecule has 0 bridgehead atoms. The van der Waals surface area contributed by atoms with Gasteiger partial charge in [0.25, 0.3) is 5.91 Å². The van der Waals surface area contributed by atoms with Gasteiger partial charge in [-0.3, -0.25) is 9.59 Å². The molecule has 0 aliphatic rings. The van der Waals surface area contributed by atoms with Crippen molar-refractivity contribution >= 4 is 23.2 Å². The van der Waals surface area contributed by atoms with Crippen molar-refractivity contribution < 1.29 is 23.6 Å². The Morgan fingerprint density at radius 3 is 2.43 bits per heavy atom. The van der Waals surface area contributed by atoms with E-state index in [1.54, 1.807) is 31.4 Å². The zero-order valence-corrected chi connectivity index (χ0v) is 15.6. The van der Waals surface area contributed by atoms with Crippen LogP contribution in [0, 0.1) is 0 Å². The first kappa shape index (κ1) is 19.0. The van der Waals surface area contributed by atoms with Crippen molar-refractivity contribution in [2.24, 2.45) is 0 Å². The Hall–Kier alpha value is -3.81. The summed E-state index contributed by atoms with van der Waals surface area (Å²) in [4.78, 5) is 23.9. The second-order valence-electron chi connectivity index (χ2n) is 5.83. The van der Waals surface area contributed by atoms with E-state index in [4.69, 9.17) is 14.0 Å². The molecule has 2 amide bonds. The molecule has 0 spiro atoms. The van der Waals surface area contributed by atoms with E-state index >= 15 is 0 Å². The van der Waals surface area contributed by atoms with Crippen LogP contribution in [0.1, 0.15) is 17.4 Å². The number of para-hydroxylation sites is 1. The first-order valence-corrected chi connectivity index (χ1v) is 8.39. The molecule has 0 radical (unpaired) electrons. The molecule has 3 rings (SSSR count). The number of rotatable bonds is 6. The van der Waals surface area contributed by atoms with E-state index in [1.165, 1.54) is 20.1 Å². The number of carbonyl (C=O) groups excluding carboxylic acids is 2. The highest BCUT2D eigenvalue weighted by atomic mass is 16.5. The number of carbonyl (C=O) groups is 2. The Bertz CT molecular complexity index is 1010. The number of benzene rings is 2. The number of nitrogens with one attached hydrogen (secondary N) is 2. The fourth-order valence-electron chi connectivity index (χ4n) is 2.63. The molecule has 2 N–H and O–H groups in total. The monoisotopic (exact) mass is 381 g/mol. The Kier molecular flexibility index (Phi) is 5.59. The number of hydrogen-bond donors (Lipinski definition) is 2. The third kappa shape index (κ3) is 4.12. The molecular weight excluding hydrogens is 362 g/mol. The van der Waals surface area contributed by atoms with Crippen LogP contribution in [0.4, 0.5) is 11.4 Å². The average molecular weight is 381 g/mol. The molecule has 8 nitrogen and oxygen atoms in total. The van der Waals surface area contributed by atoms with Gasteiger partial charge in [0.1, 0.15) is 11.5 Å². The van der Waals surface area contributed by atoms with Crippen LogP contribution in [-0.2, 0) is 4.79 Å². The minimum absolute atomic E-state index is 0.109. The van der Waals surface area contributed by atoms with Crippen molar-refractivity contribution in [2.75, 3.05) is 24.9 Å². The first-order valence-electron chi connectivity index (χ1n) is 8.39. The molecule has 0 atom stereocenters. The van der Waals surface area contributed by atoms with Gasteiger partial charge in [-0.1, -0.05) is 17.3 Å².